The lowest BCUT2D eigenvalue weighted by Crippen LogP contribution is -2.55. The Labute approximate surface area is 175 Å². The van der Waals surface area contributed by atoms with Crippen LogP contribution in [0.25, 0.3) is 0 Å². The highest BCUT2D eigenvalue weighted by Crippen LogP contribution is 2.30. The molecule has 1 aliphatic rings. The number of hydrogen-bond donors (Lipinski definition) is 2. The smallest absolute Gasteiger partial charge is 0.331 e. The third kappa shape index (κ3) is 4.52. The van der Waals surface area contributed by atoms with Crippen molar-refractivity contribution in [2.75, 3.05) is 20.3 Å². The number of nitrogens with zero attached hydrogens (tertiary/aromatic N) is 1. The molecule has 0 spiro atoms. The van der Waals surface area contributed by atoms with Crippen LogP contribution in [0.1, 0.15) is 41.2 Å². The molecule has 0 radical (unpaired) electrons. The van der Waals surface area contributed by atoms with Gasteiger partial charge in [-0.1, -0.05) is 48.5 Å². The average molecular weight is 410 g/mol. The van der Waals surface area contributed by atoms with Crippen molar-refractivity contribution in [3.8, 4) is 0 Å². The largest absolute Gasteiger partial charge is 0.467 e. The summed E-state index contributed by atoms with van der Waals surface area (Å²) in [5.41, 5.74) is -0.0825. The van der Waals surface area contributed by atoms with Gasteiger partial charge in [0.1, 0.15) is 5.54 Å². The number of ether oxygens (including phenoxy) is 1. The van der Waals surface area contributed by atoms with Gasteiger partial charge >= 0.3 is 5.97 Å². The molecule has 2 amide bonds. The van der Waals surface area contributed by atoms with Crippen molar-refractivity contribution in [1.29, 1.82) is 0 Å². The molecule has 2 aromatic rings. The third-order valence-electron chi connectivity index (χ3n) is 5.56. The Hall–Kier alpha value is -3.19. The lowest BCUT2D eigenvalue weighted by molar-refractivity contribution is -0.148. The van der Waals surface area contributed by atoms with E-state index in [0.29, 0.717) is 5.56 Å². The fourth-order valence-electron chi connectivity index (χ4n) is 3.87. The van der Waals surface area contributed by atoms with Crippen molar-refractivity contribution in [2.45, 2.75) is 30.8 Å². The molecule has 1 fully saturated rings. The number of amides is 2. The van der Waals surface area contributed by atoms with E-state index in [4.69, 9.17) is 4.74 Å². The summed E-state index contributed by atoms with van der Waals surface area (Å²) >= 11 is 0. The van der Waals surface area contributed by atoms with Crippen LogP contribution in [0.3, 0.4) is 0 Å². The molecule has 0 bridgehead atoms. The van der Waals surface area contributed by atoms with E-state index in [2.05, 4.69) is 5.32 Å². The summed E-state index contributed by atoms with van der Waals surface area (Å²) < 4.78 is 4.99. The number of methoxy groups -OCH3 is 1. The third-order valence-corrected chi connectivity index (χ3v) is 5.56. The minimum Gasteiger partial charge on any atom is -0.467 e. The SMILES string of the molecule is COC(=O)[C@@]1(NC(=O)c2ccccc2)CCC(=O)N([C@H](CO)c2ccccc2)CC1. The van der Waals surface area contributed by atoms with E-state index in [0.717, 1.165) is 5.56 Å². The van der Waals surface area contributed by atoms with E-state index in [1.54, 1.807) is 35.2 Å². The van der Waals surface area contributed by atoms with Gasteiger partial charge in [-0.3, -0.25) is 9.59 Å². The first-order chi connectivity index (χ1) is 14.5. The molecule has 158 valence electrons. The Bertz CT molecular complexity index is 887. The minimum atomic E-state index is -1.32. The van der Waals surface area contributed by atoms with E-state index >= 15 is 0 Å². The van der Waals surface area contributed by atoms with Crippen molar-refractivity contribution >= 4 is 17.8 Å². The number of aliphatic hydroxyl groups is 1. The summed E-state index contributed by atoms with van der Waals surface area (Å²) in [7, 11) is 1.27. The summed E-state index contributed by atoms with van der Waals surface area (Å²) in [6.07, 6.45) is 0.362. The summed E-state index contributed by atoms with van der Waals surface area (Å²) in [5, 5.41) is 12.8. The van der Waals surface area contributed by atoms with Crippen LogP contribution in [0.5, 0.6) is 0 Å². The molecule has 0 aliphatic carbocycles. The maximum absolute atomic E-state index is 12.9. The zero-order valence-corrected chi connectivity index (χ0v) is 16.9. The van der Waals surface area contributed by atoms with E-state index in [-0.39, 0.29) is 38.3 Å². The number of esters is 1. The molecule has 0 unspecified atom stereocenters. The van der Waals surface area contributed by atoms with E-state index < -0.39 is 23.5 Å². The van der Waals surface area contributed by atoms with Crippen LogP contribution in [0.4, 0.5) is 0 Å². The van der Waals surface area contributed by atoms with Crippen molar-refractivity contribution in [3.05, 3.63) is 71.8 Å². The monoisotopic (exact) mass is 410 g/mol. The highest BCUT2D eigenvalue weighted by molar-refractivity contribution is 5.98. The van der Waals surface area contributed by atoms with Crippen LogP contribution < -0.4 is 5.32 Å². The molecule has 1 saturated heterocycles. The number of benzene rings is 2. The Balaban J connectivity index is 1.86. The second-order valence-corrected chi connectivity index (χ2v) is 7.34. The van der Waals surface area contributed by atoms with E-state index in [1.807, 2.05) is 30.3 Å². The maximum atomic E-state index is 12.9. The average Bonchev–Trinajstić information content (AvgIpc) is 2.95. The van der Waals surface area contributed by atoms with Crippen molar-refractivity contribution < 1.29 is 24.2 Å². The first-order valence-corrected chi connectivity index (χ1v) is 9.92. The molecular weight excluding hydrogens is 384 g/mol. The van der Waals surface area contributed by atoms with Gasteiger partial charge < -0.3 is 20.1 Å². The van der Waals surface area contributed by atoms with Crippen LogP contribution in [-0.4, -0.2) is 53.6 Å². The quantitative estimate of drug-likeness (QED) is 0.711. The highest BCUT2D eigenvalue weighted by Gasteiger charge is 2.45. The molecule has 2 atom stereocenters. The number of rotatable bonds is 6. The maximum Gasteiger partial charge on any atom is 0.331 e. The fourth-order valence-corrected chi connectivity index (χ4v) is 3.87. The lowest BCUT2D eigenvalue weighted by atomic mass is 9.90. The predicted molar refractivity (Wildman–Crippen MR) is 110 cm³/mol. The standard InChI is InChI=1S/C23H26N2O5/c1-30-22(29)23(24-21(28)18-10-6-3-7-11-18)13-12-20(27)25(15-14-23)19(16-26)17-8-4-2-5-9-17/h2-11,19,26H,12-16H2,1H3,(H,24,28)/t19-,23-/m1/s1. The molecule has 3 rings (SSSR count). The zero-order valence-electron chi connectivity index (χ0n) is 16.9. The number of aliphatic hydroxyl groups excluding tert-OH is 1. The second kappa shape index (κ2) is 9.54. The molecule has 7 nitrogen and oxygen atoms in total. The van der Waals surface area contributed by atoms with Gasteiger partial charge in [0, 0.05) is 18.5 Å². The van der Waals surface area contributed by atoms with Gasteiger partial charge in [0.05, 0.1) is 19.8 Å². The number of hydrogen-bond acceptors (Lipinski definition) is 5. The van der Waals surface area contributed by atoms with E-state index in [1.165, 1.54) is 7.11 Å². The first kappa shape index (κ1) is 21.5. The van der Waals surface area contributed by atoms with Gasteiger partial charge in [0.2, 0.25) is 5.91 Å². The zero-order chi connectivity index (χ0) is 21.6. The van der Waals surface area contributed by atoms with Crippen molar-refractivity contribution in [3.63, 3.8) is 0 Å². The molecule has 7 heteroatoms. The highest BCUT2D eigenvalue weighted by atomic mass is 16.5. The van der Waals surface area contributed by atoms with Gasteiger partial charge in [-0.2, -0.15) is 0 Å². The van der Waals surface area contributed by atoms with Crippen molar-refractivity contribution in [1.82, 2.24) is 10.2 Å². The summed E-state index contributed by atoms with van der Waals surface area (Å²) in [6, 6.07) is 17.3. The topological polar surface area (TPSA) is 95.9 Å². The number of carbonyl (C=O) groups excluding carboxylic acids is 3. The number of likely N-dealkylation sites (tertiary alicyclic amines) is 1. The minimum absolute atomic E-state index is 0.0491. The van der Waals surface area contributed by atoms with E-state index in [9.17, 15) is 19.5 Å². The predicted octanol–water partition coefficient (Wildman–Crippen LogP) is 2.07. The Morgan fingerprint density at radius 2 is 1.73 bits per heavy atom. The molecule has 30 heavy (non-hydrogen) atoms. The number of nitrogens with one attached hydrogen (secondary N) is 1. The van der Waals surface area contributed by atoms with Gasteiger partial charge in [-0.05, 0) is 30.5 Å². The van der Waals surface area contributed by atoms with Crippen LogP contribution in [0, 0.1) is 0 Å². The molecule has 2 aromatic carbocycles. The summed E-state index contributed by atoms with van der Waals surface area (Å²) in [5.74, 6) is -1.16. The Kier molecular flexibility index (Phi) is 6.84. The summed E-state index contributed by atoms with van der Waals surface area (Å²) in [6.45, 7) is -0.0412. The Morgan fingerprint density at radius 3 is 2.33 bits per heavy atom. The molecule has 2 N–H and O–H groups in total. The molecule has 0 aromatic heterocycles. The van der Waals surface area contributed by atoms with Gasteiger partial charge in [0.25, 0.3) is 5.91 Å². The lowest BCUT2D eigenvalue weighted by Gasteiger charge is -2.32. The van der Waals surface area contributed by atoms with Gasteiger partial charge in [-0.25, -0.2) is 4.79 Å². The van der Waals surface area contributed by atoms with Crippen LogP contribution in [-0.2, 0) is 14.3 Å². The molecular formula is C23H26N2O5. The van der Waals surface area contributed by atoms with Crippen molar-refractivity contribution in [2.24, 2.45) is 0 Å². The second-order valence-electron chi connectivity index (χ2n) is 7.34. The molecule has 0 saturated carbocycles. The van der Waals surface area contributed by atoms with Crippen LogP contribution in [0.2, 0.25) is 0 Å². The molecule has 1 aliphatic heterocycles. The van der Waals surface area contributed by atoms with Crippen LogP contribution in [0.15, 0.2) is 60.7 Å². The first-order valence-electron chi connectivity index (χ1n) is 9.92. The molecule has 1 heterocycles. The summed E-state index contributed by atoms with van der Waals surface area (Å²) in [4.78, 5) is 40.0. The van der Waals surface area contributed by atoms with Crippen LogP contribution >= 0.6 is 0 Å². The fraction of sp³-hybridized carbons (Fsp3) is 0.348. The normalized spacial score (nSPS) is 20.2. The number of carbonyl (C=O) groups is 3. The van der Waals surface area contributed by atoms with Gasteiger partial charge in [-0.15, -0.1) is 0 Å². The Morgan fingerprint density at radius 1 is 1.10 bits per heavy atom. The van der Waals surface area contributed by atoms with Gasteiger partial charge in [0.15, 0.2) is 0 Å².